The number of hydrogen-bond acceptors (Lipinski definition) is 7. The molecule has 4 rings (SSSR count). The van der Waals surface area contributed by atoms with E-state index in [1.54, 1.807) is 6.07 Å². The third kappa shape index (κ3) is 9.50. The number of ether oxygens (including phenoxy) is 4. The van der Waals surface area contributed by atoms with Gasteiger partial charge in [0.15, 0.2) is 0 Å². The Morgan fingerprint density at radius 1 is 0.684 bits per heavy atom. The molecule has 0 N–H and O–H groups in total. The monoisotopic (exact) mass is 541 g/mol. The molecule has 1 aromatic rings. The van der Waals surface area contributed by atoms with Crippen molar-refractivity contribution >= 4 is 5.69 Å². The van der Waals surface area contributed by atoms with Gasteiger partial charge in [0.05, 0.1) is 58.4 Å². The van der Waals surface area contributed by atoms with Gasteiger partial charge in [0.1, 0.15) is 0 Å². The van der Waals surface area contributed by atoms with E-state index in [4.69, 9.17) is 18.9 Å². The first-order chi connectivity index (χ1) is 18.5. The first-order valence-corrected chi connectivity index (χ1v) is 13.9. The van der Waals surface area contributed by atoms with Crippen LogP contribution in [0.4, 0.5) is 18.9 Å². The summed E-state index contributed by atoms with van der Waals surface area (Å²) in [6, 6.07) is 4.80. The van der Waals surface area contributed by atoms with Crippen LogP contribution in [0.25, 0.3) is 0 Å². The molecule has 2 saturated heterocycles. The van der Waals surface area contributed by atoms with Crippen molar-refractivity contribution in [1.82, 2.24) is 9.80 Å². The summed E-state index contributed by atoms with van der Waals surface area (Å²) >= 11 is 0. The van der Waals surface area contributed by atoms with Gasteiger partial charge in [-0.25, -0.2) is 0 Å². The summed E-state index contributed by atoms with van der Waals surface area (Å²) in [6.45, 7) is 9.51. The molecule has 38 heavy (non-hydrogen) atoms. The molecule has 0 amide bonds. The summed E-state index contributed by atoms with van der Waals surface area (Å²) in [4.78, 5) is 6.47. The van der Waals surface area contributed by atoms with E-state index in [9.17, 15) is 13.2 Å². The smallest absolute Gasteiger partial charge is 0.378 e. The molecule has 10 heteroatoms. The van der Waals surface area contributed by atoms with Gasteiger partial charge in [-0.3, -0.25) is 9.80 Å². The van der Waals surface area contributed by atoms with Crippen molar-refractivity contribution in [3.63, 3.8) is 0 Å². The Kier molecular flexibility index (Phi) is 11.7. The fraction of sp³-hybridized carbons (Fsp3) is 0.714. The summed E-state index contributed by atoms with van der Waals surface area (Å²) in [6.07, 6.45) is 1.17. The summed E-state index contributed by atoms with van der Waals surface area (Å²) in [5.74, 6) is 0. The van der Waals surface area contributed by atoms with E-state index in [2.05, 4.69) is 11.0 Å². The molecule has 0 bridgehead atoms. The van der Waals surface area contributed by atoms with Gasteiger partial charge in [-0.15, -0.1) is 0 Å². The molecule has 3 aliphatic heterocycles. The van der Waals surface area contributed by atoms with Crippen molar-refractivity contribution in [3.8, 4) is 0 Å². The minimum Gasteiger partial charge on any atom is -0.378 e. The quantitative estimate of drug-likeness (QED) is 0.526. The highest BCUT2D eigenvalue weighted by molar-refractivity contribution is 5.53. The van der Waals surface area contributed by atoms with Crippen molar-refractivity contribution in [2.75, 3.05) is 104 Å². The lowest BCUT2D eigenvalue weighted by Crippen LogP contribution is -2.33. The van der Waals surface area contributed by atoms with Crippen LogP contribution in [-0.4, -0.2) is 108 Å². The maximum atomic E-state index is 14.2. The average molecular weight is 542 g/mol. The first-order valence-electron chi connectivity index (χ1n) is 13.9. The Balaban J connectivity index is 1.39. The molecule has 7 nitrogen and oxygen atoms in total. The van der Waals surface area contributed by atoms with Crippen molar-refractivity contribution in [2.45, 2.75) is 32.0 Å². The highest BCUT2D eigenvalue weighted by Crippen LogP contribution is 2.36. The molecular weight excluding hydrogens is 499 g/mol. The minimum atomic E-state index is -4.43. The highest BCUT2D eigenvalue weighted by Gasteiger charge is 2.34. The average Bonchev–Trinajstić information content (AvgIpc) is 3.41. The zero-order chi connectivity index (χ0) is 26.6. The molecule has 2 fully saturated rings. The van der Waals surface area contributed by atoms with Gasteiger partial charge < -0.3 is 23.8 Å². The molecule has 0 unspecified atom stereocenters. The van der Waals surface area contributed by atoms with E-state index >= 15 is 0 Å². The number of anilines is 1. The molecule has 0 aliphatic carbocycles. The zero-order valence-electron chi connectivity index (χ0n) is 22.4. The van der Waals surface area contributed by atoms with Crippen molar-refractivity contribution in [3.05, 3.63) is 41.0 Å². The number of alkyl halides is 3. The number of rotatable bonds is 5. The van der Waals surface area contributed by atoms with Crippen molar-refractivity contribution in [1.29, 1.82) is 0 Å². The Bertz CT molecular complexity index is 861. The van der Waals surface area contributed by atoms with Gasteiger partial charge in [-0.1, -0.05) is 17.7 Å². The second kappa shape index (κ2) is 15.2. The van der Waals surface area contributed by atoms with Crippen LogP contribution in [0, 0.1) is 0 Å². The fourth-order valence-electron chi connectivity index (χ4n) is 5.14. The van der Waals surface area contributed by atoms with E-state index in [0.29, 0.717) is 78.2 Å². The van der Waals surface area contributed by atoms with Gasteiger partial charge in [0.25, 0.3) is 0 Å². The lowest BCUT2D eigenvalue weighted by molar-refractivity contribution is -0.138. The molecular formula is C28H42F3N3O4. The van der Waals surface area contributed by atoms with Gasteiger partial charge in [0, 0.05) is 45.0 Å². The molecule has 0 atom stereocenters. The van der Waals surface area contributed by atoms with E-state index in [-0.39, 0.29) is 12.1 Å². The van der Waals surface area contributed by atoms with E-state index < -0.39 is 11.7 Å². The molecule has 214 valence electrons. The number of nitrogens with zero attached hydrogens (tertiary/aromatic N) is 3. The molecule has 3 aliphatic rings. The largest absolute Gasteiger partial charge is 0.416 e. The molecule has 0 radical (unpaired) electrons. The van der Waals surface area contributed by atoms with Crippen LogP contribution in [0.1, 0.15) is 30.4 Å². The molecule has 0 saturated carbocycles. The van der Waals surface area contributed by atoms with Crippen molar-refractivity contribution in [2.24, 2.45) is 0 Å². The maximum Gasteiger partial charge on any atom is 0.416 e. The zero-order valence-corrected chi connectivity index (χ0v) is 22.4. The SMILES string of the molecule is FC(F)(F)c1cc(N2CC=C(CN3CCCC3)CC2)ccc1CN1CCOCCOCCOCCOCC1. The van der Waals surface area contributed by atoms with E-state index in [1.807, 2.05) is 15.9 Å². The number of halogens is 3. The summed E-state index contributed by atoms with van der Waals surface area (Å²) in [7, 11) is 0. The van der Waals surface area contributed by atoms with E-state index in [1.165, 1.54) is 24.5 Å². The fourth-order valence-corrected chi connectivity index (χ4v) is 5.14. The molecule has 1 aromatic carbocycles. The van der Waals surface area contributed by atoms with Crippen molar-refractivity contribution < 1.29 is 32.1 Å². The normalized spacial score (nSPS) is 22.6. The Morgan fingerprint density at radius 3 is 1.82 bits per heavy atom. The predicted molar refractivity (Wildman–Crippen MR) is 141 cm³/mol. The van der Waals surface area contributed by atoms with Crippen LogP contribution in [0.5, 0.6) is 0 Å². The maximum absolute atomic E-state index is 14.2. The van der Waals surface area contributed by atoms with Gasteiger partial charge in [-0.05, 0) is 50.0 Å². The Morgan fingerprint density at radius 2 is 1.26 bits per heavy atom. The van der Waals surface area contributed by atoms with Gasteiger partial charge in [-0.2, -0.15) is 13.2 Å². The standard InChI is InChI=1S/C28H42F3N3O4/c29-28(30,31)27-21-26(34-9-5-24(6-10-34)22-32-7-1-2-8-32)4-3-25(27)23-33-11-13-35-15-17-37-19-20-38-18-16-36-14-12-33/h3-5,21H,1-2,6-20,22-23H2. The van der Waals surface area contributed by atoms with Crippen LogP contribution < -0.4 is 4.90 Å². The third-order valence-electron chi connectivity index (χ3n) is 7.31. The number of benzene rings is 1. The van der Waals surface area contributed by atoms with Crippen LogP contribution in [-0.2, 0) is 31.7 Å². The molecule has 0 spiro atoms. The lowest BCUT2D eigenvalue weighted by Gasteiger charge is -2.31. The molecule has 0 aromatic heterocycles. The third-order valence-corrected chi connectivity index (χ3v) is 7.31. The topological polar surface area (TPSA) is 46.6 Å². The highest BCUT2D eigenvalue weighted by atomic mass is 19.4. The van der Waals surface area contributed by atoms with Gasteiger partial charge >= 0.3 is 6.18 Å². The second-order valence-electron chi connectivity index (χ2n) is 10.1. The van der Waals surface area contributed by atoms with E-state index in [0.717, 1.165) is 32.6 Å². The van der Waals surface area contributed by atoms with Gasteiger partial charge in [0.2, 0.25) is 0 Å². The van der Waals surface area contributed by atoms with Crippen LogP contribution in [0.3, 0.4) is 0 Å². The number of hydrogen-bond donors (Lipinski definition) is 0. The lowest BCUT2D eigenvalue weighted by atomic mass is 10.0. The summed E-state index contributed by atoms with van der Waals surface area (Å²) in [5.41, 5.74) is 1.73. The molecule has 3 heterocycles. The van der Waals surface area contributed by atoms with Crippen LogP contribution in [0.15, 0.2) is 29.8 Å². The minimum absolute atomic E-state index is 0.175. The van der Waals surface area contributed by atoms with Crippen LogP contribution >= 0.6 is 0 Å². The Labute approximate surface area is 224 Å². The number of likely N-dealkylation sites (tertiary alicyclic amines) is 1. The second-order valence-corrected chi connectivity index (χ2v) is 10.1. The predicted octanol–water partition coefficient (Wildman–Crippen LogP) is 3.82. The van der Waals surface area contributed by atoms with Crippen LogP contribution in [0.2, 0.25) is 0 Å². The summed E-state index contributed by atoms with van der Waals surface area (Å²) < 4.78 is 64.7. The summed E-state index contributed by atoms with van der Waals surface area (Å²) in [5, 5.41) is 0. The Hall–Kier alpha value is -1.69. The first kappa shape index (κ1) is 29.3.